The molecule has 81 heavy (non-hydrogen) atoms. The number of anilines is 3. The molecule has 0 aliphatic carbocycles. The molecule has 5 heteroatoms. The van der Waals surface area contributed by atoms with Crippen LogP contribution < -0.4 is 21.3 Å². The van der Waals surface area contributed by atoms with Crippen molar-refractivity contribution in [2.45, 2.75) is 52.4 Å². The number of benzene rings is 13. The Kier molecular flexibility index (Phi) is 9.44. The molecule has 0 N–H and O–H groups in total. The highest BCUT2D eigenvalue weighted by molar-refractivity contribution is 7.01. The average molecular weight is 1040 g/mol. The van der Waals surface area contributed by atoms with E-state index < -0.39 is 0 Å². The molecule has 2 aliphatic heterocycles. The van der Waals surface area contributed by atoms with Crippen LogP contribution in [-0.2, 0) is 10.8 Å². The van der Waals surface area contributed by atoms with Crippen LogP contribution in [0.15, 0.2) is 224 Å². The van der Waals surface area contributed by atoms with Gasteiger partial charge in [-0.1, -0.05) is 230 Å². The van der Waals surface area contributed by atoms with Crippen molar-refractivity contribution in [3.63, 3.8) is 0 Å². The molecule has 0 fully saturated rings. The van der Waals surface area contributed by atoms with Crippen molar-refractivity contribution < 1.29 is 0 Å². The van der Waals surface area contributed by atoms with E-state index in [-0.39, 0.29) is 17.5 Å². The van der Waals surface area contributed by atoms with Crippen LogP contribution in [0.25, 0.3) is 126 Å². The standard InChI is InChI=1S/C76H55BN4/c1-75(2,3)46-33-36-48(37-34-46)80-65-39-35-47(76(4,5)6)41-61(65)77-62-42-59-55-28-13-12-24-51(55)52-25-14-17-29-56(52)67(59)68-60-40-45(50-23-11-10-22-49(50)44-20-8-7-9-21-44)32-38-64(60)81(73(62)68)66-43-63-72(74(80)69(66)77)79-71-58-31-19-16-27-54(58)53-26-15-18-30-57(53)70(71)78-63/h7-43H,1-6H3. The fourth-order valence-electron chi connectivity index (χ4n) is 14.4. The summed E-state index contributed by atoms with van der Waals surface area (Å²) >= 11 is 0. The molecule has 17 rings (SSSR count). The van der Waals surface area contributed by atoms with Crippen LogP contribution in [0.4, 0.5) is 17.1 Å². The summed E-state index contributed by atoms with van der Waals surface area (Å²) in [5, 5.41) is 14.7. The molecule has 0 atom stereocenters. The second-order valence-electron chi connectivity index (χ2n) is 24.8. The lowest BCUT2D eigenvalue weighted by Gasteiger charge is -2.41. The normalized spacial score (nSPS) is 13.3. The Hall–Kier alpha value is -9.58. The Labute approximate surface area is 470 Å². The monoisotopic (exact) mass is 1030 g/mol. The van der Waals surface area contributed by atoms with Crippen LogP contribution in [0.5, 0.6) is 0 Å². The van der Waals surface area contributed by atoms with Crippen LogP contribution in [0.3, 0.4) is 0 Å². The first-order chi connectivity index (χ1) is 39.5. The van der Waals surface area contributed by atoms with Crippen LogP contribution in [0.2, 0.25) is 0 Å². The minimum Gasteiger partial charge on any atom is -0.310 e. The van der Waals surface area contributed by atoms with Gasteiger partial charge in [-0.3, -0.25) is 0 Å². The summed E-state index contributed by atoms with van der Waals surface area (Å²) < 4.78 is 2.63. The van der Waals surface area contributed by atoms with E-state index in [4.69, 9.17) is 9.97 Å². The molecule has 2 aliphatic rings. The third-order valence-corrected chi connectivity index (χ3v) is 18.2. The SMILES string of the molecule is CC(C)(C)c1ccc(N2c3ccc(C(C)(C)C)cc3B3c4c(cc5nc6c7ccccc7c7ccccc7c6nc5c42)-n2c4ccc(-c5ccccc5-c5ccccc5)cc4c4c5c6ccccc6c6ccccc6c5cc3c42)cc1. The van der Waals surface area contributed by atoms with Crippen molar-refractivity contribution in [1.82, 2.24) is 14.5 Å². The predicted molar refractivity (Wildman–Crippen MR) is 347 cm³/mol. The summed E-state index contributed by atoms with van der Waals surface area (Å²) in [4.78, 5) is 14.5. The Morgan fingerprint density at radius 1 is 0.370 bits per heavy atom. The molecule has 0 amide bonds. The zero-order valence-corrected chi connectivity index (χ0v) is 46.2. The lowest BCUT2D eigenvalue weighted by atomic mass is 9.33. The van der Waals surface area contributed by atoms with Gasteiger partial charge in [0.05, 0.1) is 33.3 Å². The van der Waals surface area contributed by atoms with E-state index >= 15 is 0 Å². The molecule has 4 nitrogen and oxygen atoms in total. The van der Waals surface area contributed by atoms with Gasteiger partial charge in [0.25, 0.3) is 6.71 Å². The molecule has 13 aromatic carbocycles. The van der Waals surface area contributed by atoms with E-state index in [1.165, 1.54) is 109 Å². The Balaban J connectivity index is 1.10. The maximum absolute atomic E-state index is 6.01. The number of rotatable bonds is 3. The number of hydrogen-bond acceptors (Lipinski definition) is 3. The molecule has 4 heterocycles. The predicted octanol–water partition coefficient (Wildman–Crippen LogP) is 18.2. The fourth-order valence-corrected chi connectivity index (χ4v) is 14.4. The van der Waals surface area contributed by atoms with E-state index in [2.05, 4.69) is 275 Å². The number of hydrogen-bond donors (Lipinski definition) is 0. The zero-order valence-electron chi connectivity index (χ0n) is 46.2. The number of fused-ring (bicyclic) bond motifs is 22. The summed E-state index contributed by atoms with van der Waals surface area (Å²) in [5.74, 6) is 0. The van der Waals surface area contributed by atoms with Gasteiger partial charge in [0.1, 0.15) is 5.52 Å². The van der Waals surface area contributed by atoms with Gasteiger partial charge in [0.15, 0.2) is 0 Å². The van der Waals surface area contributed by atoms with Crippen molar-refractivity contribution in [2.24, 2.45) is 0 Å². The molecular formula is C76H55BN4. The minimum atomic E-state index is -0.167. The Morgan fingerprint density at radius 3 is 1.57 bits per heavy atom. The topological polar surface area (TPSA) is 34.0 Å². The molecule has 0 bridgehead atoms. The Bertz CT molecular complexity index is 5250. The van der Waals surface area contributed by atoms with Crippen LogP contribution in [-0.4, -0.2) is 21.2 Å². The number of aromatic nitrogens is 3. The van der Waals surface area contributed by atoms with Gasteiger partial charge in [-0.15, -0.1) is 0 Å². The summed E-state index contributed by atoms with van der Waals surface area (Å²) in [5.41, 5.74) is 21.6. The fraction of sp³-hybridized carbons (Fsp3) is 0.105. The maximum atomic E-state index is 6.01. The van der Waals surface area contributed by atoms with Gasteiger partial charge in [0, 0.05) is 44.0 Å². The quantitative estimate of drug-likeness (QED) is 0.100. The van der Waals surface area contributed by atoms with Gasteiger partial charge in [0.2, 0.25) is 0 Å². The van der Waals surface area contributed by atoms with E-state index in [0.29, 0.717) is 0 Å². The first kappa shape index (κ1) is 46.3. The second-order valence-corrected chi connectivity index (χ2v) is 24.8. The summed E-state index contributed by atoms with van der Waals surface area (Å²) in [7, 11) is 0. The van der Waals surface area contributed by atoms with Crippen LogP contribution in [0.1, 0.15) is 52.7 Å². The smallest absolute Gasteiger partial charge is 0.252 e. The van der Waals surface area contributed by atoms with Crippen molar-refractivity contribution in [3.8, 4) is 27.9 Å². The minimum absolute atomic E-state index is 0.0236. The maximum Gasteiger partial charge on any atom is 0.252 e. The molecule has 0 saturated heterocycles. The highest BCUT2D eigenvalue weighted by atomic mass is 15.2. The van der Waals surface area contributed by atoms with Crippen LogP contribution >= 0.6 is 0 Å². The van der Waals surface area contributed by atoms with Gasteiger partial charge in [-0.25, -0.2) is 9.97 Å². The van der Waals surface area contributed by atoms with Gasteiger partial charge < -0.3 is 9.47 Å². The third-order valence-electron chi connectivity index (χ3n) is 18.2. The third kappa shape index (κ3) is 6.49. The molecule has 0 spiro atoms. The van der Waals surface area contributed by atoms with Gasteiger partial charge in [-0.2, -0.15) is 0 Å². The van der Waals surface area contributed by atoms with Crippen molar-refractivity contribution in [1.29, 1.82) is 0 Å². The molecule has 0 unspecified atom stereocenters. The molecule has 382 valence electrons. The molecule has 0 radical (unpaired) electrons. The van der Waals surface area contributed by atoms with Crippen molar-refractivity contribution >= 4 is 138 Å². The molecule has 15 aromatic rings. The summed E-state index contributed by atoms with van der Waals surface area (Å²) in [6, 6.07) is 84.4. The van der Waals surface area contributed by atoms with Crippen molar-refractivity contribution in [3.05, 3.63) is 236 Å². The molecular weight excluding hydrogens is 980 g/mol. The lowest BCUT2D eigenvalue weighted by Crippen LogP contribution is -2.60. The first-order valence-corrected chi connectivity index (χ1v) is 28.6. The lowest BCUT2D eigenvalue weighted by molar-refractivity contribution is 0.590. The van der Waals surface area contributed by atoms with E-state index in [1.807, 2.05) is 0 Å². The van der Waals surface area contributed by atoms with Crippen molar-refractivity contribution in [2.75, 3.05) is 4.90 Å². The second kappa shape index (κ2) is 16.5. The van der Waals surface area contributed by atoms with Gasteiger partial charge >= 0.3 is 0 Å². The van der Waals surface area contributed by atoms with E-state index in [0.717, 1.165) is 61.1 Å². The average Bonchev–Trinajstić information content (AvgIpc) is 3.81. The van der Waals surface area contributed by atoms with E-state index in [1.54, 1.807) is 0 Å². The molecule has 2 aromatic heterocycles. The summed E-state index contributed by atoms with van der Waals surface area (Å²) in [6.45, 7) is 13.8. The highest BCUT2D eigenvalue weighted by Crippen LogP contribution is 2.50. The van der Waals surface area contributed by atoms with E-state index in [9.17, 15) is 0 Å². The zero-order chi connectivity index (χ0) is 54.2. The summed E-state index contributed by atoms with van der Waals surface area (Å²) in [6.07, 6.45) is 0. The molecule has 0 saturated carbocycles. The first-order valence-electron chi connectivity index (χ1n) is 28.6. The Morgan fingerprint density at radius 2 is 0.914 bits per heavy atom. The largest absolute Gasteiger partial charge is 0.310 e. The highest BCUT2D eigenvalue weighted by Gasteiger charge is 2.45. The van der Waals surface area contributed by atoms with Gasteiger partial charge in [-0.05, 0) is 135 Å². The number of nitrogens with zero attached hydrogens (tertiary/aromatic N) is 4. The van der Waals surface area contributed by atoms with Crippen LogP contribution in [0, 0.1) is 0 Å².